The zero-order valence-electron chi connectivity index (χ0n) is 12.8. The van der Waals surface area contributed by atoms with Gasteiger partial charge < -0.3 is 4.74 Å². The molecule has 2 nitrogen and oxygen atoms in total. The third-order valence-electron chi connectivity index (χ3n) is 3.70. The number of fused-ring (bicyclic) bond motifs is 1. The lowest BCUT2D eigenvalue weighted by Gasteiger charge is -2.10. The van der Waals surface area contributed by atoms with Crippen molar-refractivity contribution < 1.29 is 4.74 Å². The van der Waals surface area contributed by atoms with Gasteiger partial charge in [0.25, 0.3) is 0 Å². The molecule has 0 unspecified atom stereocenters. The fourth-order valence-corrected chi connectivity index (χ4v) is 3.87. The highest BCUT2D eigenvalue weighted by atomic mass is 79.9. The highest BCUT2D eigenvalue weighted by Crippen LogP contribution is 2.37. The van der Waals surface area contributed by atoms with Crippen molar-refractivity contribution in [2.75, 3.05) is 0 Å². The molecule has 0 N–H and O–H groups in total. The summed E-state index contributed by atoms with van der Waals surface area (Å²) in [5.41, 5.74) is 3.18. The number of halogens is 1. The van der Waals surface area contributed by atoms with Gasteiger partial charge in [-0.3, -0.25) is 0 Å². The van der Waals surface area contributed by atoms with Crippen LogP contribution in [-0.2, 0) is 6.61 Å². The van der Waals surface area contributed by atoms with Crippen LogP contribution in [0.3, 0.4) is 0 Å². The second kappa shape index (κ2) is 6.75. The molecule has 3 aromatic carbocycles. The molecule has 0 saturated heterocycles. The van der Waals surface area contributed by atoms with E-state index in [1.165, 1.54) is 4.70 Å². The first-order chi connectivity index (χ1) is 11.8. The molecule has 4 aromatic rings. The largest absolute Gasteiger partial charge is 0.488 e. The van der Waals surface area contributed by atoms with E-state index < -0.39 is 0 Å². The molecule has 0 amide bonds. The van der Waals surface area contributed by atoms with Crippen LogP contribution in [0.1, 0.15) is 5.56 Å². The molecule has 0 aliphatic carbocycles. The van der Waals surface area contributed by atoms with Gasteiger partial charge in [0.05, 0.1) is 15.8 Å². The van der Waals surface area contributed by atoms with Crippen LogP contribution in [0.25, 0.3) is 20.8 Å². The third-order valence-corrected chi connectivity index (χ3v) is 5.27. The monoisotopic (exact) mass is 395 g/mol. The van der Waals surface area contributed by atoms with E-state index in [2.05, 4.69) is 40.2 Å². The molecule has 0 aliphatic rings. The molecule has 1 heterocycles. The summed E-state index contributed by atoms with van der Waals surface area (Å²) in [5.74, 6) is 0.848. The lowest BCUT2D eigenvalue weighted by molar-refractivity contribution is 0.307. The van der Waals surface area contributed by atoms with E-state index >= 15 is 0 Å². The normalized spacial score (nSPS) is 10.9. The van der Waals surface area contributed by atoms with E-state index in [1.807, 2.05) is 48.5 Å². The number of rotatable bonds is 4. The highest BCUT2D eigenvalue weighted by molar-refractivity contribution is 9.10. The van der Waals surface area contributed by atoms with Gasteiger partial charge in [-0.1, -0.05) is 58.4 Å². The quantitative estimate of drug-likeness (QED) is 0.404. The van der Waals surface area contributed by atoms with Crippen molar-refractivity contribution in [2.45, 2.75) is 6.61 Å². The molecule has 4 heteroatoms. The Labute approximate surface area is 152 Å². The van der Waals surface area contributed by atoms with Crippen LogP contribution < -0.4 is 4.74 Å². The molecule has 0 fully saturated rings. The van der Waals surface area contributed by atoms with Crippen molar-refractivity contribution in [1.29, 1.82) is 0 Å². The Balaban J connectivity index is 1.70. The van der Waals surface area contributed by atoms with Gasteiger partial charge in [0.1, 0.15) is 17.4 Å². The fraction of sp³-hybridized carbons (Fsp3) is 0.0500. The molecular formula is C20H14BrNOS. The predicted octanol–water partition coefficient (Wildman–Crippen LogP) is 6.30. The Morgan fingerprint density at radius 3 is 2.54 bits per heavy atom. The Morgan fingerprint density at radius 1 is 0.917 bits per heavy atom. The molecule has 0 radical (unpaired) electrons. The van der Waals surface area contributed by atoms with E-state index in [4.69, 9.17) is 9.72 Å². The van der Waals surface area contributed by atoms with E-state index in [9.17, 15) is 0 Å². The summed E-state index contributed by atoms with van der Waals surface area (Å²) in [5, 5.41) is 0.973. The van der Waals surface area contributed by atoms with Crippen molar-refractivity contribution >= 4 is 37.5 Å². The molecule has 118 valence electrons. The summed E-state index contributed by atoms with van der Waals surface area (Å²) < 4.78 is 8.27. The fourth-order valence-electron chi connectivity index (χ4n) is 2.52. The van der Waals surface area contributed by atoms with E-state index in [0.717, 1.165) is 31.9 Å². The van der Waals surface area contributed by atoms with E-state index in [-0.39, 0.29) is 0 Å². The number of nitrogens with zero attached hydrogens (tertiary/aromatic N) is 1. The second-order valence-electron chi connectivity index (χ2n) is 5.40. The summed E-state index contributed by atoms with van der Waals surface area (Å²) in [4.78, 5) is 4.76. The smallest absolute Gasteiger partial charge is 0.130 e. The first-order valence-corrected chi connectivity index (χ1v) is 9.23. The van der Waals surface area contributed by atoms with Crippen LogP contribution in [0, 0.1) is 0 Å². The molecule has 0 spiro atoms. The van der Waals surface area contributed by atoms with Crippen molar-refractivity contribution in [3.8, 4) is 16.3 Å². The van der Waals surface area contributed by atoms with Crippen LogP contribution in [0.4, 0.5) is 0 Å². The van der Waals surface area contributed by atoms with Crippen molar-refractivity contribution in [3.05, 3.63) is 82.8 Å². The molecule has 0 saturated carbocycles. The lowest BCUT2D eigenvalue weighted by atomic mass is 10.2. The highest BCUT2D eigenvalue weighted by Gasteiger charge is 2.12. The lowest BCUT2D eigenvalue weighted by Crippen LogP contribution is -1.96. The Bertz CT molecular complexity index is 948. The Morgan fingerprint density at radius 2 is 1.71 bits per heavy atom. The standard InChI is InChI=1S/C20H14BrNOS/c21-15-10-11-18(23-13-14-6-2-1-3-7-14)16(12-15)20-22-17-8-4-5-9-19(17)24-20/h1-12H,13H2. The predicted molar refractivity (Wildman–Crippen MR) is 104 cm³/mol. The molecular weight excluding hydrogens is 382 g/mol. The molecule has 0 aliphatic heterocycles. The van der Waals surface area contributed by atoms with Crippen LogP contribution in [-0.4, -0.2) is 4.98 Å². The van der Waals surface area contributed by atoms with Crippen LogP contribution in [0.5, 0.6) is 5.75 Å². The van der Waals surface area contributed by atoms with Gasteiger partial charge in [0, 0.05) is 4.47 Å². The zero-order valence-corrected chi connectivity index (χ0v) is 15.2. The average Bonchev–Trinajstić information content (AvgIpc) is 3.05. The van der Waals surface area contributed by atoms with Crippen molar-refractivity contribution in [1.82, 2.24) is 4.98 Å². The Kier molecular flexibility index (Phi) is 4.32. The molecule has 24 heavy (non-hydrogen) atoms. The van der Waals surface area contributed by atoms with E-state index in [1.54, 1.807) is 11.3 Å². The van der Waals surface area contributed by atoms with Crippen LogP contribution in [0.2, 0.25) is 0 Å². The summed E-state index contributed by atoms with van der Waals surface area (Å²) >= 11 is 5.24. The summed E-state index contributed by atoms with van der Waals surface area (Å²) in [6.07, 6.45) is 0. The molecule has 4 rings (SSSR count). The number of thiazole rings is 1. The SMILES string of the molecule is Brc1ccc(OCc2ccccc2)c(-c2nc3ccccc3s2)c1. The number of para-hydroxylation sites is 1. The number of aromatic nitrogens is 1. The van der Waals surface area contributed by atoms with Gasteiger partial charge in [-0.05, 0) is 35.9 Å². The minimum atomic E-state index is 0.542. The topological polar surface area (TPSA) is 22.1 Å². The molecule has 1 aromatic heterocycles. The van der Waals surface area contributed by atoms with E-state index in [0.29, 0.717) is 6.61 Å². The summed E-state index contributed by atoms with van der Waals surface area (Å²) in [6.45, 7) is 0.542. The number of ether oxygens (including phenoxy) is 1. The third kappa shape index (κ3) is 3.21. The van der Waals surface area contributed by atoms with Gasteiger partial charge in [0.15, 0.2) is 0 Å². The minimum Gasteiger partial charge on any atom is -0.488 e. The van der Waals surface area contributed by atoms with Gasteiger partial charge in [-0.15, -0.1) is 11.3 Å². The number of hydrogen-bond acceptors (Lipinski definition) is 3. The van der Waals surface area contributed by atoms with Gasteiger partial charge in [-0.2, -0.15) is 0 Å². The Hall–Kier alpha value is -2.17. The number of benzene rings is 3. The molecule has 0 bridgehead atoms. The molecule has 0 atom stereocenters. The first-order valence-electron chi connectivity index (χ1n) is 7.62. The van der Waals surface area contributed by atoms with Crippen molar-refractivity contribution in [3.63, 3.8) is 0 Å². The maximum Gasteiger partial charge on any atom is 0.130 e. The maximum absolute atomic E-state index is 6.07. The van der Waals surface area contributed by atoms with Gasteiger partial charge >= 0.3 is 0 Å². The average molecular weight is 396 g/mol. The minimum absolute atomic E-state index is 0.542. The zero-order chi connectivity index (χ0) is 16.4. The van der Waals surface area contributed by atoms with Crippen LogP contribution >= 0.6 is 27.3 Å². The summed E-state index contributed by atoms with van der Waals surface area (Å²) in [7, 11) is 0. The first kappa shape index (κ1) is 15.4. The number of hydrogen-bond donors (Lipinski definition) is 0. The second-order valence-corrected chi connectivity index (χ2v) is 7.35. The van der Waals surface area contributed by atoms with Crippen LogP contribution in [0.15, 0.2) is 77.3 Å². The van der Waals surface area contributed by atoms with Gasteiger partial charge in [0.2, 0.25) is 0 Å². The maximum atomic E-state index is 6.07. The van der Waals surface area contributed by atoms with Gasteiger partial charge in [-0.25, -0.2) is 4.98 Å². The van der Waals surface area contributed by atoms with Crippen molar-refractivity contribution in [2.24, 2.45) is 0 Å². The summed E-state index contributed by atoms with van der Waals surface area (Å²) in [6, 6.07) is 24.4.